The predicted molar refractivity (Wildman–Crippen MR) is 127 cm³/mol. The van der Waals surface area contributed by atoms with Crippen LogP contribution in [0.3, 0.4) is 0 Å². The number of hydrogen-bond acceptors (Lipinski definition) is 6. The number of aromatic nitrogens is 2. The minimum atomic E-state index is -2.76. The van der Waals surface area contributed by atoms with Crippen LogP contribution in [0.4, 0.5) is 17.5 Å². The number of aliphatic hydroxyl groups is 1. The third-order valence-corrected chi connectivity index (χ3v) is 5.50. The van der Waals surface area contributed by atoms with Gasteiger partial charge in [0, 0.05) is 22.2 Å². The molecule has 0 aliphatic rings. The molecule has 1 unspecified atom stereocenters. The predicted octanol–water partition coefficient (Wildman–Crippen LogP) is 2.67. The average molecular weight is 436 g/mol. The van der Waals surface area contributed by atoms with E-state index in [-0.39, 0.29) is 12.6 Å². The van der Waals surface area contributed by atoms with Crippen molar-refractivity contribution in [2.75, 3.05) is 17.2 Å². The first kappa shape index (κ1) is 22.3. The summed E-state index contributed by atoms with van der Waals surface area (Å²) >= 11 is 0. The molecule has 2 atom stereocenters. The van der Waals surface area contributed by atoms with Gasteiger partial charge in [0.1, 0.15) is 5.82 Å². The van der Waals surface area contributed by atoms with Crippen LogP contribution in [0.25, 0.3) is 0 Å². The number of hydrogen-bond donors (Lipinski definition) is 4. The quantitative estimate of drug-likeness (QED) is 0.350. The van der Waals surface area contributed by atoms with Gasteiger partial charge in [0.2, 0.25) is 5.95 Å². The Hall–Kier alpha value is -3.38. The van der Waals surface area contributed by atoms with Crippen molar-refractivity contribution in [2.45, 2.75) is 24.8 Å². The molecule has 31 heavy (non-hydrogen) atoms. The summed E-state index contributed by atoms with van der Waals surface area (Å²) in [5, 5.41) is 21.3. The number of rotatable bonds is 6. The molecule has 1 heterocycles. The monoisotopic (exact) mass is 435 g/mol. The summed E-state index contributed by atoms with van der Waals surface area (Å²) < 4.78 is 11.8. The molecule has 0 aliphatic heterocycles. The summed E-state index contributed by atoms with van der Waals surface area (Å²) in [6, 6.07) is 14.4. The molecule has 0 radical (unpaired) electrons. The minimum absolute atomic E-state index is 0.0533. The molecule has 0 saturated carbocycles. The Labute approximate surface area is 182 Å². The van der Waals surface area contributed by atoms with Crippen LogP contribution < -0.4 is 15.8 Å². The summed E-state index contributed by atoms with van der Waals surface area (Å²) in [5.74, 6) is 10.6. The first-order chi connectivity index (χ1) is 14.8. The highest BCUT2D eigenvalue weighted by Gasteiger charge is 2.10. The topological polar surface area (TPSA) is 113 Å². The summed E-state index contributed by atoms with van der Waals surface area (Å²) in [4.78, 5) is 9.33. The van der Waals surface area contributed by atoms with E-state index < -0.39 is 9.71 Å². The van der Waals surface area contributed by atoms with E-state index in [1.54, 1.807) is 30.5 Å². The van der Waals surface area contributed by atoms with E-state index in [0.717, 1.165) is 11.1 Å². The van der Waals surface area contributed by atoms with E-state index in [1.165, 1.54) is 0 Å². The maximum absolute atomic E-state index is 11.8. The third-order valence-electron chi connectivity index (χ3n) is 4.43. The van der Waals surface area contributed by atoms with E-state index in [2.05, 4.69) is 38.3 Å². The standard InChI is InChI=1S/C23H25N5O2S/c1-16-6-4-5-7-18(16)8-9-19-14-25-23(28-22(19)26-17(2)15-29)27-20-10-12-21(13-11-20)31(3,24)30/h4-7,10-14,17,29H,3,15H2,1-2H3,(H2,24,30)(H2,25,26,27,28)/t17-,31?/m1/s1. The van der Waals surface area contributed by atoms with E-state index >= 15 is 0 Å². The molecule has 0 fully saturated rings. The molecule has 0 amide bonds. The molecular weight excluding hydrogens is 410 g/mol. The van der Waals surface area contributed by atoms with Crippen molar-refractivity contribution >= 4 is 33.0 Å². The molecule has 0 aliphatic carbocycles. The Morgan fingerprint density at radius 1 is 1.16 bits per heavy atom. The number of benzene rings is 2. The van der Waals surface area contributed by atoms with Crippen molar-refractivity contribution in [1.29, 1.82) is 0 Å². The molecule has 8 heteroatoms. The van der Waals surface area contributed by atoms with Gasteiger partial charge < -0.3 is 15.7 Å². The van der Waals surface area contributed by atoms with Crippen LogP contribution in [0.2, 0.25) is 0 Å². The van der Waals surface area contributed by atoms with Gasteiger partial charge in [-0.15, -0.1) is 0 Å². The summed E-state index contributed by atoms with van der Waals surface area (Å²) in [5.41, 5.74) is 3.32. The SMILES string of the molecule is C=S(N)(=O)c1ccc(Nc2ncc(C#Cc3ccccc3C)c(N[C@H](C)CO)n2)cc1. The van der Waals surface area contributed by atoms with Gasteiger partial charge in [-0.3, -0.25) is 5.14 Å². The van der Waals surface area contributed by atoms with Gasteiger partial charge in [-0.05, 0) is 55.6 Å². The van der Waals surface area contributed by atoms with E-state index in [1.807, 2.05) is 38.1 Å². The molecule has 3 aromatic rings. The summed E-state index contributed by atoms with van der Waals surface area (Å²) in [7, 11) is -2.76. The number of nitrogens with zero attached hydrogens (tertiary/aromatic N) is 2. The Morgan fingerprint density at radius 3 is 2.48 bits per heavy atom. The van der Waals surface area contributed by atoms with Crippen molar-refractivity contribution in [1.82, 2.24) is 9.97 Å². The zero-order valence-corrected chi connectivity index (χ0v) is 18.2. The largest absolute Gasteiger partial charge is 0.394 e. The highest BCUT2D eigenvalue weighted by atomic mass is 32.2. The first-order valence-corrected chi connectivity index (χ1v) is 11.4. The average Bonchev–Trinajstić information content (AvgIpc) is 2.74. The highest BCUT2D eigenvalue weighted by Crippen LogP contribution is 2.19. The van der Waals surface area contributed by atoms with Crippen LogP contribution in [-0.2, 0) is 9.71 Å². The normalized spacial score (nSPS) is 13.4. The van der Waals surface area contributed by atoms with Crippen molar-refractivity contribution in [3.8, 4) is 11.8 Å². The van der Waals surface area contributed by atoms with Gasteiger partial charge in [0.05, 0.1) is 28.1 Å². The molecule has 3 rings (SSSR count). The van der Waals surface area contributed by atoms with Gasteiger partial charge in [-0.2, -0.15) is 4.98 Å². The highest BCUT2D eigenvalue weighted by molar-refractivity contribution is 7.98. The van der Waals surface area contributed by atoms with Crippen LogP contribution in [0.15, 0.2) is 59.6 Å². The van der Waals surface area contributed by atoms with Crippen molar-refractivity contribution in [3.05, 3.63) is 71.4 Å². The number of nitrogens with one attached hydrogen (secondary N) is 2. The van der Waals surface area contributed by atoms with Crippen LogP contribution >= 0.6 is 0 Å². The fourth-order valence-corrected chi connectivity index (χ4v) is 3.26. The molecule has 160 valence electrons. The molecule has 0 bridgehead atoms. The second kappa shape index (κ2) is 9.62. The van der Waals surface area contributed by atoms with Crippen LogP contribution in [-0.4, -0.2) is 37.8 Å². The van der Waals surface area contributed by atoms with Gasteiger partial charge in [0.25, 0.3) is 0 Å². The smallest absolute Gasteiger partial charge is 0.229 e. The van der Waals surface area contributed by atoms with Crippen LogP contribution in [0.1, 0.15) is 23.6 Å². The van der Waals surface area contributed by atoms with Crippen molar-refractivity contribution < 1.29 is 9.32 Å². The molecule has 0 saturated heterocycles. The molecule has 0 spiro atoms. The zero-order valence-electron chi connectivity index (χ0n) is 17.4. The zero-order chi connectivity index (χ0) is 22.4. The Bertz CT molecular complexity index is 1230. The van der Waals surface area contributed by atoms with Crippen LogP contribution in [0.5, 0.6) is 0 Å². The lowest BCUT2D eigenvalue weighted by molar-refractivity contribution is 0.281. The second-order valence-electron chi connectivity index (χ2n) is 7.12. The maximum Gasteiger partial charge on any atom is 0.229 e. The molecular formula is C23H25N5O2S. The van der Waals surface area contributed by atoms with Gasteiger partial charge >= 0.3 is 0 Å². The Morgan fingerprint density at radius 2 is 1.84 bits per heavy atom. The van der Waals surface area contributed by atoms with Crippen molar-refractivity contribution in [3.63, 3.8) is 0 Å². The van der Waals surface area contributed by atoms with Gasteiger partial charge in [-0.25, -0.2) is 9.19 Å². The molecule has 5 N–H and O–H groups in total. The summed E-state index contributed by atoms with van der Waals surface area (Å²) in [6.07, 6.45) is 1.63. The van der Waals surface area contributed by atoms with Gasteiger partial charge in [0.15, 0.2) is 0 Å². The van der Waals surface area contributed by atoms with E-state index in [0.29, 0.717) is 27.9 Å². The van der Waals surface area contributed by atoms with Gasteiger partial charge in [-0.1, -0.05) is 30.0 Å². The molecule has 2 aromatic carbocycles. The lowest BCUT2D eigenvalue weighted by Crippen LogP contribution is -2.21. The van der Waals surface area contributed by atoms with Crippen molar-refractivity contribution in [2.24, 2.45) is 5.14 Å². The fraction of sp³-hybridized carbons (Fsp3) is 0.174. The number of anilines is 3. The lowest BCUT2D eigenvalue weighted by Gasteiger charge is -2.14. The lowest BCUT2D eigenvalue weighted by atomic mass is 10.1. The first-order valence-electron chi connectivity index (χ1n) is 9.60. The third kappa shape index (κ3) is 6.06. The number of aryl methyl sites for hydroxylation is 1. The second-order valence-corrected chi connectivity index (χ2v) is 9.05. The Balaban J connectivity index is 1.90. The number of aliphatic hydroxyl groups excluding tert-OH is 1. The molecule has 1 aromatic heterocycles. The van der Waals surface area contributed by atoms with E-state index in [9.17, 15) is 9.32 Å². The maximum atomic E-state index is 11.8. The van der Waals surface area contributed by atoms with Crippen LogP contribution in [0, 0.1) is 18.8 Å². The fourth-order valence-electron chi connectivity index (χ4n) is 2.67. The summed E-state index contributed by atoms with van der Waals surface area (Å²) in [6.45, 7) is 3.79. The number of nitrogens with two attached hydrogens (primary N) is 1. The minimum Gasteiger partial charge on any atom is -0.394 e. The Kier molecular flexibility index (Phi) is 6.92. The molecule has 7 nitrogen and oxygen atoms in total. The van der Waals surface area contributed by atoms with E-state index in [4.69, 9.17) is 5.14 Å².